The Kier molecular flexibility index (Phi) is 5.29. The Morgan fingerprint density at radius 2 is 2.10 bits per heavy atom. The Bertz CT molecular complexity index is 1250. The second-order valence-electron chi connectivity index (χ2n) is 7.94. The van der Waals surface area contributed by atoms with Gasteiger partial charge in [0, 0.05) is 13.2 Å². The first-order valence-electron chi connectivity index (χ1n) is 10.5. The van der Waals surface area contributed by atoms with Gasteiger partial charge in [0.05, 0.1) is 40.8 Å². The number of aliphatic hydroxyl groups is 1. The number of carbonyl (C=O) groups is 1. The van der Waals surface area contributed by atoms with Gasteiger partial charge in [0.1, 0.15) is 5.52 Å². The summed E-state index contributed by atoms with van der Waals surface area (Å²) >= 11 is 1.61. The van der Waals surface area contributed by atoms with Crippen LogP contribution in [0, 0.1) is 0 Å². The summed E-state index contributed by atoms with van der Waals surface area (Å²) in [7, 11) is 1.60. The molecule has 5 rings (SSSR count). The van der Waals surface area contributed by atoms with Crippen molar-refractivity contribution >= 4 is 43.8 Å². The van der Waals surface area contributed by atoms with Crippen molar-refractivity contribution in [2.45, 2.75) is 44.4 Å². The van der Waals surface area contributed by atoms with Crippen LogP contribution < -0.4 is 10.6 Å². The Morgan fingerprint density at radius 3 is 2.94 bits per heavy atom. The monoisotopic (exact) mass is 436 g/mol. The summed E-state index contributed by atoms with van der Waals surface area (Å²) in [6.45, 7) is 0.626. The van der Waals surface area contributed by atoms with Crippen LogP contribution in [0.2, 0.25) is 0 Å². The van der Waals surface area contributed by atoms with E-state index in [1.54, 1.807) is 37.0 Å². The number of benzene rings is 1. The van der Waals surface area contributed by atoms with E-state index in [0.29, 0.717) is 17.6 Å². The molecule has 0 spiro atoms. The minimum absolute atomic E-state index is 0.0804. The number of nitrogens with one attached hydrogen (secondary N) is 2. The van der Waals surface area contributed by atoms with Crippen LogP contribution in [0.5, 0.6) is 0 Å². The average Bonchev–Trinajstić information content (AvgIpc) is 3.37. The number of carbonyl (C=O) groups excluding carboxylic acids is 1. The second kappa shape index (κ2) is 8.24. The Balaban J connectivity index is 1.36. The molecule has 0 bridgehead atoms. The molecule has 160 valence electrons. The number of fused-ring (bicyclic) bond motifs is 2. The molecule has 31 heavy (non-hydrogen) atoms. The van der Waals surface area contributed by atoms with Gasteiger partial charge in [0.25, 0.3) is 5.91 Å². The Hall–Kier alpha value is -3.04. The summed E-state index contributed by atoms with van der Waals surface area (Å²) in [5.74, 6) is -0.176. The molecule has 0 aliphatic heterocycles. The molecule has 1 aromatic carbocycles. The number of aliphatic hydroxyl groups excluding tert-OH is 1. The summed E-state index contributed by atoms with van der Waals surface area (Å²) in [6.07, 6.45) is 7.08. The quantitative estimate of drug-likeness (QED) is 0.444. The second-order valence-corrected chi connectivity index (χ2v) is 8.97. The number of aromatic nitrogens is 4. The average molecular weight is 437 g/mol. The van der Waals surface area contributed by atoms with E-state index in [0.717, 1.165) is 52.2 Å². The van der Waals surface area contributed by atoms with E-state index in [2.05, 4.69) is 32.7 Å². The standard InChI is InChI=1S/C22H24N6O2S/c1-23-21(30)14-9-17-20(24-10-14)28(12-25-17)11-13-6-7-16-19(8-13)31-22(27-16)26-15-4-2-3-5-18(15)29/h6-10,12,15,18,29H,2-5,11H2,1H3,(H,23,30)(H,26,27). The lowest BCUT2D eigenvalue weighted by molar-refractivity contribution is 0.0963. The topological polar surface area (TPSA) is 105 Å². The van der Waals surface area contributed by atoms with Crippen molar-refractivity contribution in [3.05, 3.63) is 47.9 Å². The normalized spacial score (nSPS) is 19.0. The first kappa shape index (κ1) is 19.9. The minimum Gasteiger partial charge on any atom is -0.391 e. The van der Waals surface area contributed by atoms with E-state index in [4.69, 9.17) is 4.98 Å². The summed E-state index contributed by atoms with van der Waals surface area (Å²) < 4.78 is 3.08. The molecule has 2 unspecified atom stereocenters. The van der Waals surface area contributed by atoms with Gasteiger partial charge in [0.15, 0.2) is 10.8 Å². The van der Waals surface area contributed by atoms with Crippen molar-refractivity contribution < 1.29 is 9.90 Å². The molecule has 3 aromatic heterocycles. The van der Waals surface area contributed by atoms with Gasteiger partial charge < -0.3 is 20.3 Å². The van der Waals surface area contributed by atoms with E-state index >= 15 is 0 Å². The number of imidazole rings is 1. The lowest BCUT2D eigenvalue weighted by Crippen LogP contribution is -2.36. The summed E-state index contributed by atoms with van der Waals surface area (Å²) in [5.41, 5.74) is 4.00. The molecule has 1 aliphatic rings. The van der Waals surface area contributed by atoms with Gasteiger partial charge in [-0.25, -0.2) is 15.0 Å². The summed E-state index contributed by atoms with van der Waals surface area (Å²) in [5, 5.41) is 17.1. The maximum Gasteiger partial charge on any atom is 0.252 e. The van der Waals surface area contributed by atoms with E-state index < -0.39 is 0 Å². The van der Waals surface area contributed by atoms with Gasteiger partial charge in [0.2, 0.25) is 0 Å². The molecule has 0 saturated heterocycles. The van der Waals surface area contributed by atoms with Gasteiger partial charge in [-0.05, 0) is 36.6 Å². The maximum absolute atomic E-state index is 11.8. The first-order valence-corrected chi connectivity index (χ1v) is 11.3. The van der Waals surface area contributed by atoms with Gasteiger partial charge >= 0.3 is 0 Å². The fourth-order valence-electron chi connectivity index (χ4n) is 4.10. The molecule has 3 N–H and O–H groups in total. The fourth-order valence-corrected chi connectivity index (χ4v) is 5.09. The van der Waals surface area contributed by atoms with Gasteiger partial charge in [-0.3, -0.25) is 4.79 Å². The third-order valence-electron chi connectivity index (χ3n) is 5.79. The van der Waals surface area contributed by atoms with Crippen molar-refractivity contribution in [3.8, 4) is 0 Å². The van der Waals surface area contributed by atoms with E-state index in [-0.39, 0.29) is 18.1 Å². The van der Waals surface area contributed by atoms with E-state index in [1.165, 1.54) is 0 Å². The van der Waals surface area contributed by atoms with Crippen LogP contribution in [-0.2, 0) is 6.54 Å². The van der Waals surface area contributed by atoms with Crippen molar-refractivity contribution in [2.24, 2.45) is 0 Å². The molecule has 9 heteroatoms. The van der Waals surface area contributed by atoms with Crippen molar-refractivity contribution in [2.75, 3.05) is 12.4 Å². The number of anilines is 1. The van der Waals surface area contributed by atoms with Gasteiger partial charge in [-0.1, -0.05) is 30.2 Å². The highest BCUT2D eigenvalue weighted by Crippen LogP contribution is 2.30. The number of rotatable bonds is 5. The predicted octanol–water partition coefficient (Wildman–Crippen LogP) is 3.16. The van der Waals surface area contributed by atoms with Crippen LogP contribution in [0.3, 0.4) is 0 Å². The van der Waals surface area contributed by atoms with Crippen LogP contribution in [0.15, 0.2) is 36.8 Å². The number of hydrogen-bond acceptors (Lipinski definition) is 7. The lowest BCUT2D eigenvalue weighted by Gasteiger charge is -2.27. The van der Waals surface area contributed by atoms with E-state index in [1.807, 2.05) is 10.6 Å². The van der Waals surface area contributed by atoms with Crippen molar-refractivity contribution in [1.29, 1.82) is 0 Å². The number of hydrogen-bond donors (Lipinski definition) is 3. The molecule has 2 atom stereocenters. The number of nitrogens with zero attached hydrogens (tertiary/aromatic N) is 4. The smallest absolute Gasteiger partial charge is 0.252 e. The van der Waals surface area contributed by atoms with E-state index in [9.17, 15) is 9.90 Å². The zero-order valence-electron chi connectivity index (χ0n) is 17.2. The molecule has 8 nitrogen and oxygen atoms in total. The molecule has 1 saturated carbocycles. The Labute approximate surface area is 183 Å². The van der Waals surface area contributed by atoms with Crippen molar-refractivity contribution in [1.82, 2.24) is 24.8 Å². The molecule has 1 fully saturated rings. The third-order valence-corrected chi connectivity index (χ3v) is 6.74. The zero-order chi connectivity index (χ0) is 21.4. The van der Waals surface area contributed by atoms with Crippen molar-refractivity contribution in [3.63, 3.8) is 0 Å². The molecule has 0 radical (unpaired) electrons. The zero-order valence-corrected chi connectivity index (χ0v) is 18.0. The minimum atomic E-state index is -0.303. The predicted molar refractivity (Wildman–Crippen MR) is 122 cm³/mol. The third kappa shape index (κ3) is 3.98. The number of thiazole rings is 1. The largest absolute Gasteiger partial charge is 0.391 e. The molecule has 1 amide bonds. The molecule has 4 aromatic rings. The summed E-state index contributed by atoms with van der Waals surface area (Å²) in [6, 6.07) is 8.06. The van der Waals surface area contributed by atoms with Gasteiger partial charge in [-0.2, -0.15) is 0 Å². The van der Waals surface area contributed by atoms with Crippen LogP contribution in [0.1, 0.15) is 41.6 Å². The van der Waals surface area contributed by atoms with Crippen LogP contribution in [-0.4, -0.2) is 49.7 Å². The van der Waals surface area contributed by atoms with Crippen LogP contribution in [0.25, 0.3) is 21.4 Å². The number of pyridine rings is 1. The summed E-state index contributed by atoms with van der Waals surface area (Å²) in [4.78, 5) is 25.4. The van der Waals surface area contributed by atoms with Crippen LogP contribution in [0.4, 0.5) is 5.13 Å². The SMILES string of the molecule is CNC(=O)c1cnc2c(c1)ncn2Cc1ccc2nc(NC3CCCCC3O)sc2c1. The fraction of sp³-hybridized carbons (Fsp3) is 0.364. The highest BCUT2D eigenvalue weighted by molar-refractivity contribution is 7.22. The van der Waals surface area contributed by atoms with Crippen LogP contribution >= 0.6 is 11.3 Å². The van der Waals surface area contributed by atoms with Gasteiger partial charge in [-0.15, -0.1) is 0 Å². The molecule has 1 aliphatic carbocycles. The molecular weight excluding hydrogens is 412 g/mol. The molecular formula is C22H24N6O2S. The lowest BCUT2D eigenvalue weighted by atomic mass is 9.93. The molecule has 3 heterocycles. The number of amides is 1. The first-order chi connectivity index (χ1) is 15.1. The Morgan fingerprint density at radius 1 is 1.23 bits per heavy atom. The maximum atomic E-state index is 11.8. The highest BCUT2D eigenvalue weighted by Gasteiger charge is 2.23. The highest BCUT2D eigenvalue weighted by atomic mass is 32.1.